The van der Waals surface area contributed by atoms with Crippen molar-refractivity contribution in [1.29, 1.82) is 5.26 Å². The highest BCUT2D eigenvalue weighted by Gasteiger charge is 2.34. The van der Waals surface area contributed by atoms with Crippen molar-refractivity contribution < 1.29 is 9.47 Å². The molecule has 0 saturated carbocycles. The predicted octanol–water partition coefficient (Wildman–Crippen LogP) is 2.17. The number of para-hydroxylation sites is 1. The topological polar surface area (TPSA) is 109 Å². The second-order valence-electron chi connectivity index (χ2n) is 8.10. The van der Waals surface area contributed by atoms with Crippen LogP contribution < -0.4 is 10.3 Å². The number of hydrogen-bond donors (Lipinski definition) is 1. The molecule has 9 nitrogen and oxygen atoms in total. The van der Waals surface area contributed by atoms with Gasteiger partial charge < -0.3 is 14.5 Å². The van der Waals surface area contributed by atoms with Gasteiger partial charge in [-0.25, -0.2) is 9.67 Å². The molecule has 4 heterocycles. The zero-order valence-electron chi connectivity index (χ0n) is 17.3. The minimum absolute atomic E-state index is 0.000157. The standard InChI is InChI=1S/C22H24N6O3/c1-14(27-12-17(13-27)31-19-5-3-2-4-15(19)10-23)20-25-21-18(22(29)26-20)11-24-28(21)16-6-8-30-9-7-16/h2-5,11,14,16-17H,6-9,12-13H2,1H3,(H,25,26,29). The number of ether oxygens (including phenoxy) is 2. The van der Waals surface area contributed by atoms with Gasteiger partial charge in [0.05, 0.1) is 23.8 Å². The largest absolute Gasteiger partial charge is 0.486 e. The highest BCUT2D eigenvalue weighted by molar-refractivity contribution is 5.73. The monoisotopic (exact) mass is 420 g/mol. The highest BCUT2D eigenvalue weighted by atomic mass is 16.5. The number of fused-ring (bicyclic) bond motifs is 1. The van der Waals surface area contributed by atoms with E-state index in [0.717, 1.165) is 12.8 Å². The lowest BCUT2D eigenvalue weighted by Crippen LogP contribution is -2.54. The van der Waals surface area contributed by atoms with E-state index in [1.807, 2.05) is 29.8 Å². The highest BCUT2D eigenvalue weighted by Crippen LogP contribution is 2.28. The summed E-state index contributed by atoms with van der Waals surface area (Å²) in [5.41, 5.74) is 1.00. The van der Waals surface area contributed by atoms with Crippen molar-refractivity contribution in [3.05, 3.63) is 52.2 Å². The van der Waals surface area contributed by atoms with Gasteiger partial charge in [-0.2, -0.15) is 10.4 Å². The Kier molecular flexibility index (Phi) is 5.18. The van der Waals surface area contributed by atoms with E-state index in [9.17, 15) is 10.1 Å². The van der Waals surface area contributed by atoms with E-state index in [1.54, 1.807) is 12.3 Å². The second-order valence-corrected chi connectivity index (χ2v) is 8.10. The molecule has 160 valence electrons. The Morgan fingerprint density at radius 1 is 1.29 bits per heavy atom. The van der Waals surface area contributed by atoms with Crippen LogP contribution in [-0.2, 0) is 4.74 Å². The third-order valence-corrected chi connectivity index (χ3v) is 6.14. The zero-order valence-corrected chi connectivity index (χ0v) is 17.3. The van der Waals surface area contributed by atoms with Crippen LogP contribution in [0.3, 0.4) is 0 Å². The van der Waals surface area contributed by atoms with Crippen LogP contribution in [0.15, 0.2) is 35.3 Å². The number of nitrogens with zero attached hydrogens (tertiary/aromatic N) is 5. The Labute approximate surface area is 179 Å². The van der Waals surface area contributed by atoms with Gasteiger partial charge in [-0.05, 0) is 31.9 Å². The molecule has 0 bridgehead atoms. The van der Waals surface area contributed by atoms with Crippen molar-refractivity contribution in [1.82, 2.24) is 24.6 Å². The molecule has 0 aliphatic carbocycles. The molecule has 2 saturated heterocycles. The molecule has 2 aliphatic heterocycles. The van der Waals surface area contributed by atoms with Crippen LogP contribution in [0.25, 0.3) is 11.0 Å². The molecule has 2 aliphatic rings. The summed E-state index contributed by atoms with van der Waals surface area (Å²) >= 11 is 0. The molecular formula is C22H24N6O3. The van der Waals surface area contributed by atoms with Crippen LogP contribution in [-0.4, -0.2) is 57.1 Å². The Morgan fingerprint density at radius 2 is 2.06 bits per heavy atom. The number of nitriles is 1. The van der Waals surface area contributed by atoms with Crippen LogP contribution in [0.4, 0.5) is 0 Å². The Bertz CT molecular complexity index is 1180. The van der Waals surface area contributed by atoms with Crippen LogP contribution in [0.1, 0.15) is 43.2 Å². The Morgan fingerprint density at radius 3 is 2.84 bits per heavy atom. The SMILES string of the molecule is CC(c1nc2c(cnn2C2CCOCC2)c(=O)[nH]1)N1CC(Oc2ccccc2C#N)C1. The molecule has 31 heavy (non-hydrogen) atoms. The molecule has 2 fully saturated rings. The fraction of sp³-hybridized carbons (Fsp3) is 0.455. The quantitative estimate of drug-likeness (QED) is 0.674. The summed E-state index contributed by atoms with van der Waals surface area (Å²) in [6.07, 6.45) is 3.34. The maximum Gasteiger partial charge on any atom is 0.262 e. The maximum atomic E-state index is 12.7. The van der Waals surface area contributed by atoms with E-state index in [4.69, 9.17) is 14.5 Å². The van der Waals surface area contributed by atoms with E-state index < -0.39 is 0 Å². The Balaban J connectivity index is 1.32. The van der Waals surface area contributed by atoms with Crippen LogP contribution in [0, 0.1) is 11.3 Å². The number of H-pyrrole nitrogens is 1. The summed E-state index contributed by atoms with van der Waals surface area (Å²) in [5.74, 6) is 1.23. The van der Waals surface area contributed by atoms with E-state index in [0.29, 0.717) is 54.5 Å². The van der Waals surface area contributed by atoms with Crippen molar-refractivity contribution in [2.24, 2.45) is 0 Å². The molecule has 3 aromatic rings. The van der Waals surface area contributed by atoms with Gasteiger partial charge in [0.1, 0.15) is 29.1 Å². The molecule has 9 heteroatoms. The summed E-state index contributed by atoms with van der Waals surface area (Å²) in [6, 6.07) is 9.54. The number of rotatable bonds is 5. The minimum atomic E-state index is -0.165. The molecule has 0 spiro atoms. The van der Waals surface area contributed by atoms with Crippen molar-refractivity contribution >= 4 is 11.0 Å². The minimum Gasteiger partial charge on any atom is -0.486 e. The van der Waals surface area contributed by atoms with Crippen LogP contribution in [0.2, 0.25) is 0 Å². The van der Waals surface area contributed by atoms with Gasteiger partial charge in [0.15, 0.2) is 5.65 Å². The Hall–Kier alpha value is -3.22. The molecule has 1 atom stereocenters. The van der Waals surface area contributed by atoms with Crippen molar-refractivity contribution in [2.45, 2.75) is 38.0 Å². The van der Waals surface area contributed by atoms with Gasteiger partial charge in [0.2, 0.25) is 0 Å². The normalized spacial score (nSPS) is 19.1. The first-order valence-corrected chi connectivity index (χ1v) is 10.6. The summed E-state index contributed by atoms with van der Waals surface area (Å²) < 4.78 is 13.3. The number of aromatic nitrogens is 4. The first-order chi connectivity index (χ1) is 15.1. The molecule has 2 aromatic heterocycles. The molecule has 1 N–H and O–H groups in total. The van der Waals surface area contributed by atoms with Gasteiger partial charge in [-0.3, -0.25) is 9.69 Å². The van der Waals surface area contributed by atoms with Gasteiger partial charge in [-0.15, -0.1) is 0 Å². The number of aromatic amines is 1. The summed E-state index contributed by atoms with van der Waals surface area (Å²) in [5, 5.41) is 14.2. The lowest BCUT2D eigenvalue weighted by Gasteiger charge is -2.42. The summed E-state index contributed by atoms with van der Waals surface area (Å²) in [7, 11) is 0. The number of nitrogens with one attached hydrogen (secondary N) is 1. The smallest absolute Gasteiger partial charge is 0.262 e. The van der Waals surface area contributed by atoms with Gasteiger partial charge in [0.25, 0.3) is 5.56 Å². The molecule has 1 unspecified atom stereocenters. The average molecular weight is 420 g/mol. The molecule has 0 radical (unpaired) electrons. The van der Waals surface area contributed by atoms with E-state index in [1.165, 1.54) is 0 Å². The van der Waals surface area contributed by atoms with Gasteiger partial charge in [0, 0.05) is 26.3 Å². The summed E-state index contributed by atoms with van der Waals surface area (Å²) in [4.78, 5) is 22.6. The third kappa shape index (κ3) is 3.69. The number of likely N-dealkylation sites (tertiary alicyclic amines) is 1. The molecule has 0 amide bonds. The number of benzene rings is 1. The van der Waals surface area contributed by atoms with Crippen LogP contribution >= 0.6 is 0 Å². The lowest BCUT2D eigenvalue weighted by molar-refractivity contribution is -0.00750. The summed E-state index contributed by atoms with van der Waals surface area (Å²) in [6.45, 7) is 4.81. The van der Waals surface area contributed by atoms with Crippen molar-refractivity contribution in [3.63, 3.8) is 0 Å². The fourth-order valence-electron chi connectivity index (χ4n) is 4.22. The first-order valence-electron chi connectivity index (χ1n) is 10.6. The van der Waals surface area contributed by atoms with E-state index >= 15 is 0 Å². The van der Waals surface area contributed by atoms with Gasteiger partial charge >= 0.3 is 0 Å². The predicted molar refractivity (Wildman–Crippen MR) is 113 cm³/mol. The zero-order chi connectivity index (χ0) is 21.4. The fourth-order valence-corrected chi connectivity index (χ4v) is 4.22. The first kappa shape index (κ1) is 19.7. The van der Waals surface area contributed by atoms with E-state index in [2.05, 4.69) is 21.1 Å². The number of hydrogen-bond acceptors (Lipinski definition) is 7. The second kappa shape index (κ2) is 8.13. The van der Waals surface area contributed by atoms with Crippen molar-refractivity contribution in [3.8, 4) is 11.8 Å². The maximum absolute atomic E-state index is 12.7. The third-order valence-electron chi connectivity index (χ3n) is 6.14. The molecule has 5 rings (SSSR count). The molecular weight excluding hydrogens is 396 g/mol. The lowest BCUT2D eigenvalue weighted by atomic mass is 10.1. The van der Waals surface area contributed by atoms with Crippen molar-refractivity contribution in [2.75, 3.05) is 26.3 Å². The van der Waals surface area contributed by atoms with Gasteiger partial charge in [-0.1, -0.05) is 12.1 Å². The average Bonchev–Trinajstić information content (AvgIpc) is 3.21. The van der Waals surface area contributed by atoms with Crippen LogP contribution in [0.5, 0.6) is 5.75 Å². The molecule has 1 aromatic carbocycles. The van der Waals surface area contributed by atoms with E-state index in [-0.39, 0.29) is 23.7 Å².